The number of aromatic nitrogens is 1. The lowest BCUT2D eigenvalue weighted by Gasteiger charge is -2.26. The molecule has 1 saturated heterocycles. The SMILES string of the molecule is CCNC(=NCc1ccc(Cn2ccccc2=O)cc1)NCC(c1ccco1)N1CCCC1. The second-order valence-electron chi connectivity index (χ2n) is 8.33. The van der Waals surface area contributed by atoms with Crippen molar-refractivity contribution in [2.45, 2.75) is 38.9 Å². The highest BCUT2D eigenvalue weighted by Gasteiger charge is 2.25. The summed E-state index contributed by atoms with van der Waals surface area (Å²) in [7, 11) is 0. The topological polar surface area (TPSA) is 74.8 Å². The van der Waals surface area contributed by atoms with Gasteiger partial charge in [-0.15, -0.1) is 0 Å². The van der Waals surface area contributed by atoms with Gasteiger partial charge in [-0.3, -0.25) is 9.69 Å². The van der Waals surface area contributed by atoms with Crippen molar-refractivity contribution in [3.8, 4) is 0 Å². The lowest BCUT2D eigenvalue weighted by molar-refractivity contribution is 0.215. The van der Waals surface area contributed by atoms with Gasteiger partial charge in [0.1, 0.15) is 5.76 Å². The molecule has 4 rings (SSSR count). The third kappa shape index (κ3) is 6.35. The minimum Gasteiger partial charge on any atom is -0.468 e. The van der Waals surface area contributed by atoms with Crippen molar-refractivity contribution in [2.75, 3.05) is 26.2 Å². The van der Waals surface area contributed by atoms with E-state index < -0.39 is 0 Å². The Morgan fingerprint density at radius 1 is 1.03 bits per heavy atom. The van der Waals surface area contributed by atoms with E-state index in [1.54, 1.807) is 23.0 Å². The predicted molar refractivity (Wildman–Crippen MR) is 131 cm³/mol. The molecule has 1 unspecified atom stereocenters. The summed E-state index contributed by atoms with van der Waals surface area (Å²) in [5.74, 6) is 1.79. The average molecular weight is 448 g/mol. The van der Waals surface area contributed by atoms with Crippen LogP contribution in [0.2, 0.25) is 0 Å². The van der Waals surface area contributed by atoms with Crippen LogP contribution in [0.25, 0.3) is 0 Å². The van der Waals surface area contributed by atoms with Crippen molar-refractivity contribution in [3.05, 3.63) is 94.3 Å². The summed E-state index contributed by atoms with van der Waals surface area (Å²) in [4.78, 5) is 19.2. The second-order valence-corrected chi connectivity index (χ2v) is 8.33. The van der Waals surface area contributed by atoms with Crippen LogP contribution < -0.4 is 16.2 Å². The Labute approximate surface area is 195 Å². The van der Waals surface area contributed by atoms with Gasteiger partial charge in [-0.2, -0.15) is 0 Å². The van der Waals surface area contributed by atoms with E-state index >= 15 is 0 Å². The number of hydrogen-bond acceptors (Lipinski definition) is 4. The molecule has 0 amide bonds. The Balaban J connectivity index is 1.37. The molecule has 33 heavy (non-hydrogen) atoms. The lowest BCUT2D eigenvalue weighted by Crippen LogP contribution is -2.42. The smallest absolute Gasteiger partial charge is 0.250 e. The Kier molecular flexibility index (Phi) is 7.98. The third-order valence-electron chi connectivity index (χ3n) is 5.95. The quantitative estimate of drug-likeness (QED) is 0.389. The molecule has 0 aliphatic carbocycles. The molecule has 3 heterocycles. The minimum atomic E-state index is 0.00863. The third-order valence-corrected chi connectivity index (χ3v) is 5.95. The van der Waals surface area contributed by atoms with Crippen LogP contribution in [-0.4, -0.2) is 41.6 Å². The number of aliphatic imine (C=N–C) groups is 1. The van der Waals surface area contributed by atoms with E-state index in [0.29, 0.717) is 13.1 Å². The number of nitrogens with one attached hydrogen (secondary N) is 2. The zero-order valence-corrected chi connectivity index (χ0v) is 19.2. The summed E-state index contributed by atoms with van der Waals surface area (Å²) in [6, 6.07) is 17.7. The van der Waals surface area contributed by atoms with E-state index in [2.05, 4.69) is 52.8 Å². The van der Waals surface area contributed by atoms with Crippen molar-refractivity contribution >= 4 is 5.96 Å². The first-order valence-corrected chi connectivity index (χ1v) is 11.8. The van der Waals surface area contributed by atoms with Gasteiger partial charge >= 0.3 is 0 Å². The average Bonchev–Trinajstić information content (AvgIpc) is 3.55. The molecule has 0 spiro atoms. The van der Waals surface area contributed by atoms with Crippen LogP contribution >= 0.6 is 0 Å². The number of hydrogen-bond donors (Lipinski definition) is 2. The van der Waals surface area contributed by atoms with E-state index in [-0.39, 0.29) is 11.6 Å². The molecule has 1 fully saturated rings. The summed E-state index contributed by atoms with van der Waals surface area (Å²) in [5, 5.41) is 6.85. The van der Waals surface area contributed by atoms with E-state index in [1.807, 2.05) is 18.3 Å². The zero-order chi connectivity index (χ0) is 22.9. The highest BCUT2D eigenvalue weighted by molar-refractivity contribution is 5.79. The number of rotatable bonds is 9. The van der Waals surface area contributed by atoms with Crippen molar-refractivity contribution in [1.29, 1.82) is 0 Å². The van der Waals surface area contributed by atoms with Crippen LogP contribution in [0, 0.1) is 0 Å². The molecule has 7 nitrogen and oxygen atoms in total. The van der Waals surface area contributed by atoms with Crippen LogP contribution in [-0.2, 0) is 13.1 Å². The fourth-order valence-electron chi connectivity index (χ4n) is 4.19. The van der Waals surface area contributed by atoms with Gasteiger partial charge in [0.2, 0.25) is 0 Å². The standard InChI is InChI=1S/C26H33N5O2/c1-2-27-26(29-19-23(24-8-7-17-33-24)30-14-5-6-15-30)28-18-21-10-12-22(13-11-21)20-31-16-4-3-9-25(31)32/h3-4,7-13,16-17,23H,2,5-6,14-15,18-20H2,1H3,(H2,27,28,29). The van der Waals surface area contributed by atoms with E-state index in [4.69, 9.17) is 9.41 Å². The van der Waals surface area contributed by atoms with Gasteiger partial charge in [-0.05, 0) is 62.2 Å². The molecule has 0 saturated carbocycles. The van der Waals surface area contributed by atoms with Crippen molar-refractivity contribution in [2.24, 2.45) is 4.99 Å². The van der Waals surface area contributed by atoms with Gasteiger partial charge in [0.05, 0.1) is 25.4 Å². The van der Waals surface area contributed by atoms with Gasteiger partial charge in [-0.1, -0.05) is 30.3 Å². The van der Waals surface area contributed by atoms with Gasteiger partial charge in [-0.25, -0.2) is 4.99 Å². The molecule has 7 heteroatoms. The second kappa shape index (κ2) is 11.5. The summed E-state index contributed by atoms with van der Waals surface area (Å²) in [5.41, 5.74) is 2.22. The Morgan fingerprint density at radius 3 is 2.52 bits per heavy atom. The predicted octanol–water partition coefficient (Wildman–Crippen LogP) is 3.38. The molecular formula is C26H33N5O2. The van der Waals surface area contributed by atoms with E-state index in [9.17, 15) is 4.79 Å². The molecule has 2 N–H and O–H groups in total. The number of likely N-dealkylation sites (tertiary alicyclic amines) is 1. The first-order chi connectivity index (χ1) is 16.2. The monoisotopic (exact) mass is 447 g/mol. The Morgan fingerprint density at radius 2 is 1.82 bits per heavy atom. The molecule has 1 aliphatic rings. The van der Waals surface area contributed by atoms with E-state index in [1.165, 1.54) is 12.8 Å². The molecule has 0 radical (unpaired) electrons. The van der Waals surface area contributed by atoms with Crippen LogP contribution in [0.4, 0.5) is 0 Å². The first-order valence-electron chi connectivity index (χ1n) is 11.8. The largest absolute Gasteiger partial charge is 0.468 e. The van der Waals surface area contributed by atoms with Crippen molar-refractivity contribution in [3.63, 3.8) is 0 Å². The van der Waals surface area contributed by atoms with Crippen LogP contribution in [0.15, 0.2) is 81.3 Å². The van der Waals surface area contributed by atoms with Crippen LogP contribution in [0.3, 0.4) is 0 Å². The number of pyridine rings is 1. The molecule has 3 aromatic rings. The normalized spacial score (nSPS) is 15.5. The molecule has 0 bridgehead atoms. The fourth-order valence-corrected chi connectivity index (χ4v) is 4.19. The molecule has 174 valence electrons. The number of furan rings is 1. The summed E-state index contributed by atoms with van der Waals surface area (Å²) in [6.07, 6.45) is 6.03. The first kappa shape index (κ1) is 22.9. The highest BCUT2D eigenvalue weighted by atomic mass is 16.3. The molecule has 1 atom stereocenters. The summed E-state index contributed by atoms with van der Waals surface area (Å²) in [6.45, 7) is 6.95. The molecule has 1 aliphatic heterocycles. The number of benzene rings is 1. The summed E-state index contributed by atoms with van der Waals surface area (Å²) >= 11 is 0. The molecular weight excluding hydrogens is 414 g/mol. The zero-order valence-electron chi connectivity index (χ0n) is 19.2. The Hall–Kier alpha value is -3.32. The highest BCUT2D eigenvalue weighted by Crippen LogP contribution is 2.24. The van der Waals surface area contributed by atoms with Gasteiger partial charge in [0.15, 0.2) is 5.96 Å². The maximum Gasteiger partial charge on any atom is 0.250 e. The Bertz CT molecular complexity index is 1070. The summed E-state index contributed by atoms with van der Waals surface area (Å²) < 4.78 is 7.43. The lowest BCUT2D eigenvalue weighted by atomic mass is 10.1. The van der Waals surface area contributed by atoms with Gasteiger partial charge in [0.25, 0.3) is 5.56 Å². The maximum absolute atomic E-state index is 11.9. The van der Waals surface area contributed by atoms with Gasteiger partial charge in [0, 0.05) is 25.4 Å². The minimum absolute atomic E-state index is 0.00863. The number of guanidine groups is 1. The van der Waals surface area contributed by atoms with Crippen LogP contribution in [0.5, 0.6) is 0 Å². The number of nitrogens with zero attached hydrogens (tertiary/aromatic N) is 3. The van der Waals surface area contributed by atoms with Crippen molar-refractivity contribution < 1.29 is 4.42 Å². The van der Waals surface area contributed by atoms with Gasteiger partial charge < -0.3 is 19.6 Å². The van der Waals surface area contributed by atoms with Crippen LogP contribution in [0.1, 0.15) is 42.7 Å². The molecule has 1 aromatic carbocycles. The fraction of sp³-hybridized carbons (Fsp3) is 0.385. The molecule has 2 aromatic heterocycles. The van der Waals surface area contributed by atoms with Crippen molar-refractivity contribution in [1.82, 2.24) is 20.1 Å². The van der Waals surface area contributed by atoms with E-state index in [0.717, 1.165) is 49.0 Å². The maximum atomic E-state index is 11.9.